The van der Waals surface area contributed by atoms with Gasteiger partial charge in [0.25, 0.3) is 0 Å². The van der Waals surface area contributed by atoms with E-state index < -0.39 is 12.0 Å². The van der Waals surface area contributed by atoms with Crippen LogP contribution in [-0.2, 0) is 4.79 Å². The van der Waals surface area contributed by atoms with Gasteiger partial charge in [0.15, 0.2) is 0 Å². The summed E-state index contributed by atoms with van der Waals surface area (Å²) in [6.07, 6.45) is 8.70. The third kappa shape index (κ3) is 2.45. The van der Waals surface area contributed by atoms with Crippen molar-refractivity contribution in [2.45, 2.75) is 19.4 Å². The van der Waals surface area contributed by atoms with Crippen molar-refractivity contribution in [1.29, 1.82) is 0 Å². The second-order valence-electron chi connectivity index (χ2n) is 3.57. The van der Waals surface area contributed by atoms with Crippen molar-refractivity contribution in [2.24, 2.45) is 5.92 Å². The van der Waals surface area contributed by atoms with Crippen LogP contribution in [0.25, 0.3) is 0 Å². The number of carbonyl (C=O) groups is 1. The average Bonchev–Trinajstić information content (AvgIpc) is 2.19. The van der Waals surface area contributed by atoms with Crippen molar-refractivity contribution >= 4 is 5.97 Å². The smallest absolute Gasteiger partial charge is 0.321 e. The first-order chi connectivity index (χ1) is 6.66. The van der Waals surface area contributed by atoms with Crippen LogP contribution in [0, 0.1) is 5.92 Å². The van der Waals surface area contributed by atoms with Gasteiger partial charge in [-0.3, -0.25) is 9.69 Å². The SMILES string of the molecule is CCN(C)[C@@H](C(=O)O)C1C=CC=CC1. The molecule has 0 aliphatic heterocycles. The summed E-state index contributed by atoms with van der Waals surface area (Å²) in [5.74, 6) is -0.637. The molecule has 0 heterocycles. The number of rotatable bonds is 4. The normalized spacial score (nSPS) is 22.6. The van der Waals surface area contributed by atoms with Crippen molar-refractivity contribution < 1.29 is 9.90 Å². The predicted octanol–water partition coefficient (Wildman–Crippen LogP) is 1.52. The Bertz CT molecular complexity index is 258. The maximum absolute atomic E-state index is 11.1. The molecule has 0 radical (unpaired) electrons. The highest BCUT2D eigenvalue weighted by Crippen LogP contribution is 2.19. The van der Waals surface area contributed by atoms with Crippen molar-refractivity contribution in [1.82, 2.24) is 4.90 Å². The lowest BCUT2D eigenvalue weighted by atomic mass is 9.92. The van der Waals surface area contributed by atoms with Gasteiger partial charge in [0.1, 0.15) is 6.04 Å². The van der Waals surface area contributed by atoms with E-state index >= 15 is 0 Å². The summed E-state index contributed by atoms with van der Waals surface area (Å²) in [4.78, 5) is 13.0. The summed E-state index contributed by atoms with van der Waals surface area (Å²) >= 11 is 0. The molecule has 1 unspecified atom stereocenters. The van der Waals surface area contributed by atoms with Crippen molar-refractivity contribution in [3.8, 4) is 0 Å². The van der Waals surface area contributed by atoms with Crippen LogP contribution >= 0.6 is 0 Å². The Balaban J connectivity index is 2.72. The van der Waals surface area contributed by atoms with Gasteiger partial charge in [0, 0.05) is 5.92 Å². The summed E-state index contributed by atoms with van der Waals surface area (Å²) < 4.78 is 0. The van der Waals surface area contributed by atoms with Crippen molar-refractivity contribution in [2.75, 3.05) is 13.6 Å². The number of carboxylic acid groups (broad SMARTS) is 1. The Hall–Kier alpha value is -1.09. The fraction of sp³-hybridized carbons (Fsp3) is 0.545. The highest BCUT2D eigenvalue weighted by Gasteiger charge is 2.28. The highest BCUT2D eigenvalue weighted by molar-refractivity contribution is 5.74. The first kappa shape index (κ1) is 11.0. The zero-order chi connectivity index (χ0) is 10.6. The molecule has 14 heavy (non-hydrogen) atoms. The third-order valence-corrected chi connectivity index (χ3v) is 2.65. The molecule has 3 heteroatoms. The lowest BCUT2D eigenvalue weighted by molar-refractivity contribution is -0.144. The molecule has 3 nitrogen and oxygen atoms in total. The molecule has 0 aromatic carbocycles. The van der Waals surface area contributed by atoms with Crippen LogP contribution in [0.1, 0.15) is 13.3 Å². The van der Waals surface area contributed by atoms with Crippen LogP contribution in [0.4, 0.5) is 0 Å². The molecule has 0 amide bonds. The van der Waals surface area contributed by atoms with Crippen LogP contribution < -0.4 is 0 Å². The molecule has 0 spiro atoms. The van der Waals surface area contributed by atoms with E-state index in [4.69, 9.17) is 5.11 Å². The summed E-state index contributed by atoms with van der Waals surface area (Å²) in [6.45, 7) is 2.73. The largest absolute Gasteiger partial charge is 0.480 e. The van der Waals surface area contributed by atoms with Crippen molar-refractivity contribution in [3.05, 3.63) is 24.3 Å². The fourth-order valence-electron chi connectivity index (χ4n) is 1.73. The van der Waals surface area contributed by atoms with Crippen LogP contribution in [0.15, 0.2) is 24.3 Å². The van der Waals surface area contributed by atoms with Crippen molar-refractivity contribution in [3.63, 3.8) is 0 Å². The number of nitrogens with zero attached hydrogens (tertiary/aromatic N) is 1. The van der Waals surface area contributed by atoms with Gasteiger partial charge in [-0.25, -0.2) is 0 Å². The van der Waals surface area contributed by atoms with Gasteiger partial charge in [0.05, 0.1) is 0 Å². The summed E-state index contributed by atoms with van der Waals surface area (Å²) in [5.41, 5.74) is 0. The quantitative estimate of drug-likeness (QED) is 0.739. The van der Waals surface area contributed by atoms with Gasteiger partial charge in [-0.1, -0.05) is 31.2 Å². The predicted molar refractivity (Wildman–Crippen MR) is 56.1 cm³/mol. The molecular weight excluding hydrogens is 178 g/mol. The van der Waals surface area contributed by atoms with Gasteiger partial charge in [-0.15, -0.1) is 0 Å². The fourth-order valence-corrected chi connectivity index (χ4v) is 1.73. The summed E-state index contributed by atoms with van der Waals surface area (Å²) in [7, 11) is 1.85. The minimum Gasteiger partial charge on any atom is -0.480 e. The van der Waals surface area contributed by atoms with Crippen LogP contribution in [0.5, 0.6) is 0 Å². The second-order valence-corrected chi connectivity index (χ2v) is 3.57. The van der Waals surface area contributed by atoms with E-state index in [2.05, 4.69) is 0 Å². The van der Waals surface area contributed by atoms with Gasteiger partial charge in [-0.2, -0.15) is 0 Å². The standard InChI is InChI=1S/C11H17NO2/c1-3-12(2)10(11(13)14)9-7-5-4-6-8-9/h4-7,9-10H,3,8H2,1-2H3,(H,13,14)/t9?,10-/m1/s1. The molecule has 0 saturated carbocycles. The molecule has 0 aromatic heterocycles. The Morgan fingerprint density at radius 3 is 2.79 bits per heavy atom. The zero-order valence-corrected chi connectivity index (χ0v) is 8.68. The van der Waals surface area contributed by atoms with E-state index in [-0.39, 0.29) is 5.92 Å². The molecule has 78 valence electrons. The van der Waals surface area contributed by atoms with E-state index in [1.54, 1.807) is 0 Å². The van der Waals surface area contributed by atoms with E-state index in [9.17, 15) is 4.79 Å². The van der Waals surface area contributed by atoms with Gasteiger partial charge < -0.3 is 5.11 Å². The minimum absolute atomic E-state index is 0.0995. The topological polar surface area (TPSA) is 40.5 Å². The molecular formula is C11H17NO2. The zero-order valence-electron chi connectivity index (χ0n) is 8.68. The average molecular weight is 195 g/mol. The minimum atomic E-state index is -0.737. The Morgan fingerprint density at radius 2 is 2.36 bits per heavy atom. The lowest BCUT2D eigenvalue weighted by Gasteiger charge is -2.29. The number of aliphatic carboxylic acids is 1. The molecule has 1 N–H and O–H groups in total. The molecule has 1 aliphatic rings. The number of carboxylic acids is 1. The summed E-state index contributed by atoms with van der Waals surface area (Å²) in [5, 5.41) is 9.13. The molecule has 0 fully saturated rings. The van der Waals surface area contributed by atoms with Crippen LogP contribution in [0.3, 0.4) is 0 Å². The molecule has 1 rings (SSSR count). The van der Waals surface area contributed by atoms with Gasteiger partial charge in [0.2, 0.25) is 0 Å². The Kier molecular flexibility index (Phi) is 3.89. The lowest BCUT2D eigenvalue weighted by Crippen LogP contribution is -2.43. The number of hydrogen-bond donors (Lipinski definition) is 1. The first-order valence-electron chi connectivity index (χ1n) is 4.93. The van der Waals surface area contributed by atoms with E-state index in [1.165, 1.54) is 0 Å². The number of hydrogen-bond acceptors (Lipinski definition) is 2. The van der Waals surface area contributed by atoms with E-state index in [1.807, 2.05) is 43.2 Å². The molecule has 0 bridgehead atoms. The molecule has 2 atom stereocenters. The first-order valence-corrected chi connectivity index (χ1v) is 4.93. The maximum atomic E-state index is 11.1. The maximum Gasteiger partial charge on any atom is 0.321 e. The third-order valence-electron chi connectivity index (χ3n) is 2.65. The second kappa shape index (κ2) is 4.96. The number of likely N-dealkylation sites (N-methyl/N-ethyl adjacent to an activating group) is 1. The van der Waals surface area contributed by atoms with Gasteiger partial charge in [-0.05, 0) is 20.0 Å². The van der Waals surface area contributed by atoms with Gasteiger partial charge >= 0.3 is 5.97 Å². The van der Waals surface area contributed by atoms with Crippen LogP contribution in [0.2, 0.25) is 0 Å². The van der Waals surface area contributed by atoms with E-state index in [0.717, 1.165) is 13.0 Å². The summed E-state index contributed by atoms with van der Waals surface area (Å²) in [6, 6.07) is -0.402. The monoisotopic (exact) mass is 195 g/mol. The molecule has 0 saturated heterocycles. The Labute approximate surface area is 84.7 Å². The number of allylic oxidation sites excluding steroid dienone is 3. The molecule has 1 aliphatic carbocycles. The van der Waals surface area contributed by atoms with E-state index in [0.29, 0.717) is 0 Å². The molecule has 0 aromatic rings. The highest BCUT2D eigenvalue weighted by atomic mass is 16.4. The Morgan fingerprint density at radius 1 is 1.64 bits per heavy atom. The van der Waals surface area contributed by atoms with Crippen LogP contribution in [-0.4, -0.2) is 35.6 Å².